The van der Waals surface area contributed by atoms with Crippen LogP contribution in [0.2, 0.25) is 0 Å². The number of hydrogen-bond donors (Lipinski definition) is 3. The van der Waals surface area contributed by atoms with Gasteiger partial charge in [-0.1, -0.05) is 24.3 Å². The van der Waals surface area contributed by atoms with E-state index in [1.165, 1.54) is 24.3 Å². The van der Waals surface area contributed by atoms with Gasteiger partial charge in [-0.05, 0) is 54.1 Å². The van der Waals surface area contributed by atoms with Crippen LogP contribution in [0.4, 0.5) is 17.1 Å². The smallest absolute Gasteiger partial charge is 0.261 e. The summed E-state index contributed by atoms with van der Waals surface area (Å²) >= 11 is 0. The summed E-state index contributed by atoms with van der Waals surface area (Å²) in [4.78, 5) is 24.0. The van der Waals surface area contributed by atoms with Crippen molar-refractivity contribution in [3.05, 3.63) is 83.9 Å². The SMILES string of the molecule is O=C1Cc2ccc(C(=O)Nc3ccc(S(=O)(=O)Nc4ccccc4)cc3)cc2N1. The highest BCUT2D eigenvalue weighted by atomic mass is 32.2. The molecule has 0 aromatic heterocycles. The molecule has 0 fully saturated rings. The fraction of sp³-hybridized carbons (Fsp3) is 0.0476. The molecule has 29 heavy (non-hydrogen) atoms. The Morgan fingerprint density at radius 1 is 0.897 bits per heavy atom. The summed E-state index contributed by atoms with van der Waals surface area (Å²) in [7, 11) is -3.73. The van der Waals surface area contributed by atoms with Crippen LogP contribution >= 0.6 is 0 Å². The van der Waals surface area contributed by atoms with Crippen molar-refractivity contribution >= 4 is 38.9 Å². The first-order chi connectivity index (χ1) is 13.9. The van der Waals surface area contributed by atoms with Gasteiger partial charge in [0.25, 0.3) is 15.9 Å². The van der Waals surface area contributed by atoms with Crippen LogP contribution < -0.4 is 15.4 Å². The minimum absolute atomic E-state index is 0.0830. The molecule has 0 radical (unpaired) electrons. The molecule has 0 spiro atoms. The molecule has 0 aliphatic carbocycles. The maximum Gasteiger partial charge on any atom is 0.261 e. The van der Waals surface area contributed by atoms with E-state index < -0.39 is 10.0 Å². The Morgan fingerprint density at radius 2 is 1.62 bits per heavy atom. The summed E-state index contributed by atoms with van der Waals surface area (Å²) in [6, 6.07) is 19.5. The molecule has 7 nitrogen and oxygen atoms in total. The molecule has 3 aromatic rings. The molecular formula is C21H17N3O4S. The third kappa shape index (κ3) is 4.12. The van der Waals surface area contributed by atoms with E-state index in [4.69, 9.17) is 0 Å². The number of carbonyl (C=O) groups excluding carboxylic acids is 2. The van der Waals surface area contributed by atoms with Gasteiger partial charge in [0, 0.05) is 22.6 Å². The number of rotatable bonds is 5. The van der Waals surface area contributed by atoms with Gasteiger partial charge in [0.2, 0.25) is 5.91 Å². The van der Waals surface area contributed by atoms with Gasteiger partial charge in [-0.15, -0.1) is 0 Å². The van der Waals surface area contributed by atoms with Crippen LogP contribution in [0, 0.1) is 0 Å². The Morgan fingerprint density at radius 3 is 2.34 bits per heavy atom. The van der Waals surface area contributed by atoms with Crippen LogP contribution in [0.5, 0.6) is 0 Å². The zero-order valence-corrected chi connectivity index (χ0v) is 16.0. The second-order valence-corrected chi connectivity index (χ2v) is 8.23. The van der Waals surface area contributed by atoms with Crippen molar-refractivity contribution in [1.82, 2.24) is 0 Å². The van der Waals surface area contributed by atoms with Crippen LogP contribution in [0.25, 0.3) is 0 Å². The lowest BCUT2D eigenvalue weighted by Gasteiger charge is -2.10. The number of hydrogen-bond acceptors (Lipinski definition) is 4. The predicted molar refractivity (Wildman–Crippen MR) is 110 cm³/mol. The van der Waals surface area contributed by atoms with E-state index in [0.717, 1.165) is 5.56 Å². The fourth-order valence-electron chi connectivity index (χ4n) is 3.00. The maximum atomic E-state index is 12.5. The van der Waals surface area contributed by atoms with Crippen molar-refractivity contribution < 1.29 is 18.0 Å². The quantitative estimate of drug-likeness (QED) is 0.604. The Balaban J connectivity index is 1.46. The van der Waals surface area contributed by atoms with Gasteiger partial charge in [0.05, 0.1) is 11.3 Å². The second-order valence-electron chi connectivity index (χ2n) is 6.55. The molecule has 2 amide bonds. The summed E-state index contributed by atoms with van der Waals surface area (Å²) in [6.45, 7) is 0. The highest BCUT2D eigenvalue weighted by molar-refractivity contribution is 7.92. The zero-order valence-electron chi connectivity index (χ0n) is 15.2. The molecule has 0 unspecified atom stereocenters. The van der Waals surface area contributed by atoms with E-state index in [1.54, 1.807) is 48.5 Å². The molecule has 0 saturated carbocycles. The minimum Gasteiger partial charge on any atom is -0.326 e. The summed E-state index contributed by atoms with van der Waals surface area (Å²) in [5.74, 6) is -0.453. The second kappa shape index (κ2) is 7.40. The van der Waals surface area contributed by atoms with Crippen molar-refractivity contribution in [2.45, 2.75) is 11.3 Å². The van der Waals surface area contributed by atoms with E-state index in [9.17, 15) is 18.0 Å². The Hall–Kier alpha value is -3.65. The number of fused-ring (bicyclic) bond motifs is 1. The lowest BCUT2D eigenvalue weighted by molar-refractivity contribution is -0.115. The molecule has 146 valence electrons. The summed E-state index contributed by atoms with van der Waals surface area (Å²) in [6.07, 6.45) is 0.310. The normalized spacial score (nSPS) is 12.8. The standard InChI is InChI=1S/C21H17N3O4S/c25-20-13-14-6-7-15(12-19(14)23-20)21(26)22-16-8-10-18(11-9-16)29(27,28)24-17-4-2-1-3-5-17/h1-12,24H,13H2,(H,22,26)(H,23,25). The van der Waals surface area contributed by atoms with E-state index in [2.05, 4.69) is 15.4 Å². The number of nitrogens with one attached hydrogen (secondary N) is 3. The molecule has 0 atom stereocenters. The lowest BCUT2D eigenvalue weighted by Crippen LogP contribution is -2.14. The monoisotopic (exact) mass is 407 g/mol. The number of amides is 2. The third-order valence-corrected chi connectivity index (χ3v) is 5.84. The van der Waals surface area contributed by atoms with Gasteiger partial charge in [0.15, 0.2) is 0 Å². The van der Waals surface area contributed by atoms with Crippen LogP contribution in [0.3, 0.4) is 0 Å². The number of sulfonamides is 1. The first kappa shape index (κ1) is 18.7. The van der Waals surface area contributed by atoms with Crippen molar-refractivity contribution in [3.63, 3.8) is 0 Å². The van der Waals surface area contributed by atoms with Gasteiger partial charge >= 0.3 is 0 Å². The van der Waals surface area contributed by atoms with E-state index in [-0.39, 0.29) is 16.7 Å². The van der Waals surface area contributed by atoms with Crippen molar-refractivity contribution in [1.29, 1.82) is 0 Å². The number of anilines is 3. The number of benzene rings is 3. The first-order valence-electron chi connectivity index (χ1n) is 8.83. The highest BCUT2D eigenvalue weighted by Gasteiger charge is 2.19. The Labute approximate surface area is 167 Å². The van der Waals surface area contributed by atoms with Gasteiger partial charge in [-0.25, -0.2) is 8.42 Å². The molecule has 1 aliphatic heterocycles. The predicted octanol–water partition coefficient (Wildman–Crippen LogP) is 3.23. The van der Waals surface area contributed by atoms with Gasteiger partial charge in [-0.2, -0.15) is 0 Å². The molecule has 1 heterocycles. The molecule has 0 saturated heterocycles. The lowest BCUT2D eigenvalue weighted by atomic mass is 10.1. The van der Waals surface area contributed by atoms with E-state index >= 15 is 0 Å². The summed E-state index contributed by atoms with van der Waals surface area (Å²) < 4.78 is 27.4. The molecular weight excluding hydrogens is 390 g/mol. The van der Waals surface area contributed by atoms with Crippen molar-refractivity contribution in [2.24, 2.45) is 0 Å². The summed E-state index contributed by atoms with van der Waals surface area (Å²) in [5.41, 5.74) is 2.81. The maximum absolute atomic E-state index is 12.5. The summed E-state index contributed by atoms with van der Waals surface area (Å²) in [5, 5.41) is 5.43. The largest absolute Gasteiger partial charge is 0.326 e. The fourth-order valence-corrected chi connectivity index (χ4v) is 4.06. The number of carbonyl (C=O) groups is 2. The van der Waals surface area contributed by atoms with Gasteiger partial charge in [-0.3, -0.25) is 14.3 Å². The molecule has 3 N–H and O–H groups in total. The molecule has 0 bridgehead atoms. The average molecular weight is 407 g/mol. The Kier molecular flexibility index (Phi) is 4.77. The van der Waals surface area contributed by atoms with Gasteiger partial charge in [0.1, 0.15) is 0 Å². The highest BCUT2D eigenvalue weighted by Crippen LogP contribution is 2.25. The Bertz CT molecular complexity index is 1190. The topological polar surface area (TPSA) is 104 Å². The van der Waals surface area contributed by atoms with Crippen molar-refractivity contribution in [3.8, 4) is 0 Å². The van der Waals surface area contributed by atoms with E-state index in [1.807, 2.05) is 0 Å². The van der Waals surface area contributed by atoms with Crippen molar-refractivity contribution in [2.75, 3.05) is 15.4 Å². The van der Waals surface area contributed by atoms with Gasteiger partial charge < -0.3 is 10.6 Å². The van der Waals surface area contributed by atoms with E-state index in [0.29, 0.717) is 29.0 Å². The van der Waals surface area contributed by atoms with Crippen LogP contribution in [0.15, 0.2) is 77.7 Å². The van der Waals surface area contributed by atoms with Crippen LogP contribution in [-0.2, 0) is 21.2 Å². The van der Waals surface area contributed by atoms with Crippen LogP contribution in [0.1, 0.15) is 15.9 Å². The van der Waals surface area contributed by atoms with Crippen LogP contribution in [-0.4, -0.2) is 20.2 Å². The average Bonchev–Trinajstić information content (AvgIpc) is 3.08. The molecule has 4 rings (SSSR count). The molecule has 8 heteroatoms. The molecule has 1 aliphatic rings. The number of para-hydroxylation sites is 1. The first-order valence-corrected chi connectivity index (χ1v) is 10.3. The third-order valence-electron chi connectivity index (χ3n) is 4.45. The minimum atomic E-state index is -3.73. The zero-order chi connectivity index (χ0) is 20.4. The molecule has 3 aromatic carbocycles.